The molecule has 0 bridgehead atoms. The summed E-state index contributed by atoms with van der Waals surface area (Å²) in [7, 11) is 3.33. The highest BCUT2D eigenvalue weighted by Crippen LogP contribution is 2.23. The smallest absolute Gasteiger partial charge is 0.131 e. The van der Waals surface area contributed by atoms with Crippen LogP contribution in [-0.2, 0) is 6.42 Å². The van der Waals surface area contributed by atoms with Crippen LogP contribution in [0.2, 0.25) is 0 Å². The topological polar surface area (TPSA) is 34.1 Å². The lowest BCUT2D eigenvalue weighted by Crippen LogP contribution is -2.35. The number of nitrogens with zero attached hydrogens (tertiary/aromatic N) is 2. The Bertz CT molecular complexity index is 738. The molecule has 0 atom stereocenters. The summed E-state index contributed by atoms with van der Waals surface area (Å²) in [5, 5.41) is 0. The maximum atomic E-state index is 5.41. The summed E-state index contributed by atoms with van der Waals surface area (Å²) in [5.41, 5.74) is 2.47. The molecule has 0 unspecified atom stereocenters. The maximum Gasteiger partial charge on any atom is 0.131 e. The molecule has 1 aliphatic heterocycles. The zero-order valence-corrected chi connectivity index (χ0v) is 19.1. The molecular weight excluding hydrogens is 384 g/mol. The van der Waals surface area contributed by atoms with E-state index in [4.69, 9.17) is 9.47 Å². The molecule has 2 aromatic carbocycles. The van der Waals surface area contributed by atoms with Crippen molar-refractivity contribution >= 4 is 6.21 Å². The molecular formula is C27H42N2O2. The van der Waals surface area contributed by atoms with Gasteiger partial charge in [-0.3, -0.25) is 4.99 Å². The number of hydrogen-bond donors (Lipinski definition) is 0. The summed E-state index contributed by atoms with van der Waals surface area (Å²) in [5.74, 6) is 2.42. The number of likely N-dealkylation sites (tertiary alicyclic amines) is 1. The lowest BCUT2D eigenvalue weighted by atomic mass is 9.90. The molecule has 0 amide bonds. The minimum Gasteiger partial charge on any atom is -0.497 e. The van der Waals surface area contributed by atoms with Crippen molar-refractivity contribution in [3.63, 3.8) is 0 Å². The molecule has 0 saturated carbocycles. The summed E-state index contributed by atoms with van der Waals surface area (Å²) >= 11 is 0. The molecule has 0 spiro atoms. The fourth-order valence-corrected chi connectivity index (χ4v) is 3.84. The molecule has 0 radical (unpaired) electrons. The Morgan fingerprint density at radius 2 is 1.71 bits per heavy atom. The van der Waals surface area contributed by atoms with Crippen molar-refractivity contribution < 1.29 is 9.47 Å². The van der Waals surface area contributed by atoms with Gasteiger partial charge in [0.25, 0.3) is 0 Å². The first-order chi connectivity index (χ1) is 14.8. The Balaban J connectivity index is 0.00000156. The van der Waals surface area contributed by atoms with Crippen LogP contribution in [0.4, 0.5) is 0 Å². The second-order valence-corrected chi connectivity index (χ2v) is 7.47. The number of rotatable bonds is 9. The van der Waals surface area contributed by atoms with Crippen molar-refractivity contribution in [2.24, 2.45) is 10.9 Å². The molecule has 1 aliphatic rings. The molecule has 31 heavy (non-hydrogen) atoms. The third-order valence-electron chi connectivity index (χ3n) is 5.51. The lowest BCUT2D eigenvalue weighted by Gasteiger charge is -2.31. The van der Waals surface area contributed by atoms with E-state index in [0.29, 0.717) is 0 Å². The van der Waals surface area contributed by atoms with Gasteiger partial charge in [0.2, 0.25) is 0 Å². The van der Waals surface area contributed by atoms with Crippen LogP contribution in [-0.4, -0.2) is 51.5 Å². The Hall–Kier alpha value is -2.33. The Morgan fingerprint density at radius 1 is 1.00 bits per heavy atom. The molecule has 1 fully saturated rings. The Kier molecular flexibility index (Phi) is 13.3. The van der Waals surface area contributed by atoms with Crippen LogP contribution in [0, 0.1) is 5.92 Å². The summed E-state index contributed by atoms with van der Waals surface area (Å²) in [6.07, 6.45) is 6.84. The molecule has 3 rings (SSSR count). The van der Waals surface area contributed by atoms with Gasteiger partial charge in [0.1, 0.15) is 11.5 Å². The predicted molar refractivity (Wildman–Crippen MR) is 134 cm³/mol. The average Bonchev–Trinajstić information content (AvgIpc) is 2.82. The summed E-state index contributed by atoms with van der Waals surface area (Å²) < 4.78 is 10.6. The van der Waals surface area contributed by atoms with E-state index in [0.717, 1.165) is 42.5 Å². The van der Waals surface area contributed by atoms with Crippen molar-refractivity contribution in [3.8, 4) is 11.5 Å². The van der Waals surface area contributed by atoms with E-state index in [1.165, 1.54) is 37.9 Å². The second kappa shape index (κ2) is 15.5. The van der Waals surface area contributed by atoms with Gasteiger partial charge >= 0.3 is 0 Å². The molecule has 1 saturated heterocycles. The van der Waals surface area contributed by atoms with Gasteiger partial charge in [0.05, 0.1) is 14.2 Å². The van der Waals surface area contributed by atoms with Crippen LogP contribution >= 0.6 is 0 Å². The van der Waals surface area contributed by atoms with E-state index < -0.39 is 0 Å². The van der Waals surface area contributed by atoms with Crippen LogP contribution in [0.5, 0.6) is 11.5 Å². The molecule has 4 heteroatoms. The summed E-state index contributed by atoms with van der Waals surface area (Å²) in [6, 6.07) is 16.7. The van der Waals surface area contributed by atoms with Crippen LogP contribution in [0.3, 0.4) is 0 Å². The van der Waals surface area contributed by atoms with Crippen molar-refractivity contribution in [3.05, 3.63) is 59.7 Å². The van der Waals surface area contributed by atoms with Crippen LogP contribution in [0.25, 0.3) is 0 Å². The zero-order chi connectivity index (χ0) is 21.6. The van der Waals surface area contributed by atoms with Gasteiger partial charge in [-0.2, -0.15) is 0 Å². The largest absolute Gasteiger partial charge is 0.497 e. The fraction of sp³-hybridized carbons (Fsp3) is 0.519. The van der Waals surface area contributed by atoms with Crippen LogP contribution in [0.15, 0.2) is 53.5 Å². The Labute approximate surface area is 190 Å². The molecule has 172 valence electrons. The van der Waals surface area contributed by atoms with Crippen molar-refractivity contribution in [2.75, 3.05) is 40.4 Å². The Morgan fingerprint density at radius 3 is 2.35 bits per heavy atom. The highest BCUT2D eigenvalue weighted by Gasteiger charge is 2.18. The van der Waals surface area contributed by atoms with E-state index in [1.54, 1.807) is 14.2 Å². The third kappa shape index (κ3) is 9.14. The maximum absolute atomic E-state index is 5.41. The SMILES string of the molecule is C.CC.COc1ccc(C=NCCCN2CCC(Cc3ccccc3)CC2)c(OC)c1. The minimum atomic E-state index is 0. The van der Waals surface area contributed by atoms with E-state index in [-0.39, 0.29) is 7.43 Å². The molecule has 4 nitrogen and oxygen atoms in total. The molecule has 0 aromatic heterocycles. The van der Waals surface area contributed by atoms with Gasteiger partial charge in [-0.15, -0.1) is 0 Å². The number of aliphatic imine (C=N–C) groups is 1. The third-order valence-corrected chi connectivity index (χ3v) is 5.51. The van der Waals surface area contributed by atoms with Crippen molar-refractivity contribution in [1.29, 1.82) is 0 Å². The number of piperidine rings is 1. The fourth-order valence-electron chi connectivity index (χ4n) is 3.84. The van der Waals surface area contributed by atoms with Crippen molar-refractivity contribution in [1.82, 2.24) is 4.90 Å². The monoisotopic (exact) mass is 426 g/mol. The molecule has 0 aliphatic carbocycles. The van der Waals surface area contributed by atoms with Gasteiger partial charge < -0.3 is 14.4 Å². The minimum absolute atomic E-state index is 0. The standard InChI is InChI=1S/C24H32N2O2.C2H6.CH4/c1-27-23-10-9-22(24(18-23)28-2)19-25-13-6-14-26-15-11-21(12-16-26)17-20-7-4-3-5-8-20;1-2;/h3-5,7-10,18-19,21H,6,11-17H2,1-2H3;1-2H3;1H4. The first kappa shape index (κ1) is 26.7. The van der Waals surface area contributed by atoms with Gasteiger partial charge in [-0.25, -0.2) is 0 Å². The van der Waals surface area contributed by atoms with Gasteiger partial charge in [-0.05, 0) is 68.9 Å². The lowest BCUT2D eigenvalue weighted by molar-refractivity contribution is 0.183. The number of hydrogen-bond acceptors (Lipinski definition) is 4. The number of benzene rings is 2. The van der Waals surface area contributed by atoms with E-state index >= 15 is 0 Å². The van der Waals surface area contributed by atoms with Gasteiger partial charge in [0.15, 0.2) is 0 Å². The van der Waals surface area contributed by atoms with Gasteiger partial charge in [0, 0.05) is 24.4 Å². The first-order valence-corrected chi connectivity index (χ1v) is 11.3. The quantitative estimate of drug-likeness (QED) is 0.357. The highest BCUT2D eigenvalue weighted by molar-refractivity contribution is 5.83. The predicted octanol–water partition coefficient (Wildman–Crippen LogP) is 6.13. The number of ether oxygens (including phenoxy) is 2. The van der Waals surface area contributed by atoms with Crippen LogP contribution < -0.4 is 9.47 Å². The molecule has 2 aromatic rings. The summed E-state index contributed by atoms with van der Waals surface area (Å²) in [6.45, 7) is 8.41. The normalized spacial score (nSPS) is 14.5. The zero-order valence-electron chi connectivity index (χ0n) is 19.1. The van der Waals surface area contributed by atoms with E-state index in [9.17, 15) is 0 Å². The second-order valence-electron chi connectivity index (χ2n) is 7.47. The average molecular weight is 427 g/mol. The number of methoxy groups -OCH3 is 2. The van der Waals surface area contributed by atoms with E-state index in [2.05, 4.69) is 40.2 Å². The van der Waals surface area contributed by atoms with E-state index in [1.807, 2.05) is 38.3 Å². The molecule has 1 heterocycles. The first-order valence-electron chi connectivity index (χ1n) is 11.3. The van der Waals surface area contributed by atoms with Crippen molar-refractivity contribution in [2.45, 2.75) is 47.0 Å². The van der Waals surface area contributed by atoms with Gasteiger partial charge in [-0.1, -0.05) is 51.6 Å². The molecule has 0 N–H and O–H groups in total. The summed E-state index contributed by atoms with van der Waals surface area (Å²) in [4.78, 5) is 7.18. The van der Waals surface area contributed by atoms with Crippen LogP contribution in [0.1, 0.15) is 51.7 Å². The highest BCUT2D eigenvalue weighted by atomic mass is 16.5.